The second kappa shape index (κ2) is 7.76. The number of carbonyl (C=O) groups excluding carboxylic acids is 2. The van der Waals surface area contributed by atoms with Crippen molar-refractivity contribution in [2.75, 3.05) is 5.32 Å². The molecule has 106 valence electrons. The molecule has 0 aromatic heterocycles. The number of halogens is 1. The van der Waals surface area contributed by atoms with Crippen LogP contribution in [0.1, 0.15) is 31.7 Å². The minimum Gasteiger partial charge on any atom is -0.370 e. The molecule has 0 heterocycles. The van der Waals surface area contributed by atoms with Crippen LogP contribution in [0.25, 0.3) is 0 Å². The fourth-order valence-electron chi connectivity index (χ4n) is 1.52. The van der Waals surface area contributed by atoms with Crippen molar-refractivity contribution in [1.82, 2.24) is 0 Å². The summed E-state index contributed by atoms with van der Waals surface area (Å²) < 4.78 is 0. The topological polar surface area (TPSA) is 98.2 Å². The third kappa shape index (κ3) is 5.72. The predicted octanol–water partition coefficient (Wildman–Crippen LogP) is 1.37. The van der Waals surface area contributed by atoms with Crippen molar-refractivity contribution < 1.29 is 9.59 Å². The molecule has 1 aromatic carbocycles. The van der Waals surface area contributed by atoms with Crippen LogP contribution in [0, 0.1) is 0 Å². The highest BCUT2D eigenvalue weighted by molar-refractivity contribution is 5.97. The normalized spacial score (nSPS) is 11.6. The van der Waals surface area contributed by atoms with Crippen LogP contribution in [0.15, 0.2) is 24.3 Å². The maximum Gasteiger partial charge on any atom is 0.241 e. The zero-order chi connectivity index (χ0) is 13.7. The molecule has 19 heavy (non-hydrogen) atoms. The molecule has 0 spiro atoms. The Morgan fingerprint density at radius 3 is 2.47 bits per heavy atom. The fourth-order valence-corrected chi connectivity index (χ4v) is 1.52. The zero-order valence-electron chi connectivity index (χ0n) is 11.1. The van der Waals surface area contributed by atoms with E-state index in [0.717, 1.165) is 5.56 Å². The Balaban J connectivity index is 0.00000324. The molecule has 0 saturated carbocycles. The van der Waals surface area contributed by atoms with E-state index in [4.69, 9.17) is 11.5 Å². The lowest BCUT2D eigenvalue weighted by molar-refractivity contribution is -0.123. The number of rotatable bonds is 5. The summed E-state index contributed by atoms with van der Waals surface area (Å²) in [6.45, 7) is 4.14. The maximum atomic E-state index is 11.7. The molecule has 1 rings (SSSR count). The summed E-state index contributed by atoms with van der Waals surface area (Å²) >= 11 is 0. The first-order chi connectivity index (χ1) is 8.40. The zero-order valence-corrected chi connectivity index (χ0v) is 11.9. The second-order valence-corrected chi connectivity index (χ2v) is 4.55. The largest absolute Gasteiger partial charge is 0.370 e. The van der Waals surface area contributed by atoms with Gasteiger partial charge in [-0.05, 0) is 23.6 Å². The summed E-state index contributed by atoms with van der Waals surface area (Å²) in [5.74, 6) is -0.621. The highest BCUT2D eigenvalue weighted by Gasteiger charge is 2.16. The Hall–Kier alpha value is -1.59. The van der Waals surface area contributed by atoms with Crippen LogP contribution in [0.3, 0.4) is 0 Å². The van der Waals surface area contributed by atoms with Crippen LogP contribution in [-0.4, -0.2) is 17.9 Å². The van der Waals surface area contributed by atoms with Gasteiger partial charge in [-0.25, -0.2) is 0 Å². The van der Waals surface area contributed by atoms with Gasteiger partial charge in [-0.1, -0.05) is 26.0 Å². The molecule has 0 aliphatic heterocycles. The third-order valence-corrected chi connectivity index (χ3v) is 2.58. The van der Waals surface area contributed by atoms with Gasteiger partial charge in [0.2, 0.25) is 11.8 Å². The predicted molar refractivity (Wildman–Crippen MR) is 78.2 cm³/mol. The lowest BCUT2D eigenvalue weighted by Gasteiger charge is -2.12. The molecule has 0 saturated heterocycles. The molecule has 0 bridgehead atoms. The highest BCUT2D eigenvalue weighted by Crippen LogP contribution is 2.18. The molecule has 5 nitrogen and oxygen atoms in total. The van der Waals surface area contributed by atoms with E-state index in [0.29, 0.717) is 11.6 Å². The van der Waals surface area contributed by atoms with Crippen molar-refractivity contribution in [2.24, 2.45) is 11.5 Å². The molecule has 0 aliphatic carbocycles. The Morgan fingerprint density at radius 2 is 1.95 bits per heavy atom. The van der Waals surface area contributed by atoms with Crippen molar-refractivity contribution in [3.8, 4) is 0 Å². The minimum atomic E-state index is -0.912. The number of amides is 2. The lowest BCUT2D eigenvalue weighted by Crippen LogP contribution is -2.39. The van der Waals surface area contributed by atoms with Crippen LogP contribution in [0.2, 0.25) is 0 Å². The standard InChI is InChI=1S/C13H19N3O2.ClH/c1-8(2)9-4-3-5-10(6-9)16-13(18)11(14)7-12(15)17;/h3-6,8,11H,7,14H2,1-2H3,(H2,15,17)(H,16,18);1H. The summed E-state index contributed by atoms with van der Waals surface area (Å²) in [7, 11) is 0. The third-order valence-electron chi connectivity index (χ3n) is 2.58. The maximum absolute atomic E-state index is 11.7. The minimum absolute atomic E-state index is 0. The smallest absolute Gasteiger partial charge is 0.241 e. The first-order valence-electron chi connectivity index (χ1n) is 5.85. The first-order valence-corrected chi connectivity index (χ1v) is 5.85. The van der Waals surface area contributed by atoms with E-state index in [1.807, 2.05) is 18.2 Å². The van der Waals surface area contributed by atoms with Gasteiger partial charge in [-0.2, -0.15) is 0 Å². The summed E-state index contributed by atoms with van der Waals surface area (Å²) in [6.07, 6.45) is -0.157. The van der Waals surface area contributed by atoms with Gasteiger partial charge in [0.1, 0.15) is 0 Å². The monoisotopic (exact) mass is 285 g/mol. The molecule has 0 radical (unpaired) electrons. The number of nitrogens with two attached hydrogens (primary N) is 2. The Morgan fingerprint density at radius 1 is 1.32 bits per heavy atom. The molecule has 0 fully saturated rings. The quantitative estimate of drug-likeness (QED) is 0.762. The summed E-state index contributed by atoms with van der Waals surface area (Å²) in [6, 6.07) is 6.61. The molecule has 2 amide bonds. The van der Waals surface area contributed by atoms with Crippen molar-refractivity contribution in [3.63, 3.8) is 0 Å². The molecular formula is C13H20ClN3O2. The number of carbonyl (C=O) groups is 2. The van der Waals surface area contributed by atoms with Crippen molar-refractivity contribution in [1.29, 1.82) is 0 Å². The van der Waals surface area contributed by atoms with E-state index in [2.05, 4.69) is 19.2 Å². The van der Waals surface area contributed by atoms with E-state index >= 15 is 0 Å². The average molecular weight is 286 g/mol. The average Bonchev–Trinajstić information content (AvgIpc) is 2.28. The van der Waals surface area contributed by atoms with Gasteiger partial charge < -0.3 is 16.8 Å². The number of primary amides is 1. The van der Waals surface area contributed by atoms with Gasteiger partial charge in [0.25, 0.3) is 0 Å². The van der Waals surface area contributed by atoms with E-state index in [1.165, 1.54) is 0 Å². The van der Waals surface area contributed by atoms with Gasteiger partial charge >= 0.3 is 0 Å². The van der Waals surface area contributed by atoms with Gasteiger partial charge in [0.15, 0.2) is 0 Å². The van der Waals surface area contributed by atoms with Crippen LogP contribution in [-0.2, 0) is 9.59 Å². The Kier molecular flexibility index (Phi) is 7.11. The molecule has 1 unspecified atom stereocenters. The van der Waals surface area contributed by atoms with Crippen molar-refractivity contribution >= 4 is 29.9 Å². The number of benzene rings is 1. The highest BCUT2D eigenvalue weighted by atomic mass is 35.5. The lowest BCUT2D eigenvalue weighted by atomic mass is 10.0. The number of nitrogens with one attached hydrogen (secondary N) is 1. The number of hydrogen-bond acceptors (Lipinski definition) is 3. The second-order valence-electron chi connectivity index (χ2n) is 4.55. The van der Waals surface area contributed by atoms with Crippen LogP contribution < -0.4 is 16.8 Å². The van der Waals surface area contributed by atoms with E-state index < -0.39 is 17.9 Å². The first kappa shape index (κ1) is 17.4. The molecule has 0 aliphatic rings. The van der Waals surface area contributed by atoms with Crippen molar-refractivity contribution in [2.45, 2.75) is 32.2 Å². The molecule has 1 aromatic rings. The number of hydrogen-bond donors (Lipinski definition) is 3. The summed E-state index contributed by atoms with van der Waals surface area (Å²) in [5, 5.41) is 2.67. The number of anilines is 1. The molecular weight excluding hydrogens is 266 g/mol. The van der Waals surface area contributed by atoms with Crippen LogP contribution in [0.4, 0.5) is 5.69 Å². The SMILES string of the molecule is CC(C)c1cccc(NC(=O)C(N)CC(N)=O)c1.Cl. The summed E-state index contributed by atoms with van der Waals surface area (Å²) in [4.78, 5) is 22.4. The van der Waals surface area contributed by atoms with Gasteiger partial charge in [-0.3, -0.25) is 9.59 Å². The van der Waals surface area contributed by atoms with E-state index in [9.17, 15) is 9.59 Å². The Bertz CT molecular complexity index is 449. The Labute approximate surface area is 119 Å². The van der Waals surface area contributed by atoms with E-state index in [-0.39, 0.29) is 18.8 Å². The molecule has 1 atom stereocenters. The van der Waals surface area contributed by atoms with Crippen LogP contribution in [0.5, 0.6) is 0 Å². The van der Waals surface area contributed by atoms with Crippen LogP contribution >= 0.6 is 12.4 Å². The van der Waals surface area contributed by atoms with Gasteiger partial charge in [0.05, 0.1) is 12.5 Å². The summed E-state index contributed by atoms with van der Waals surface area (Å²) in [5.41, 5.74) is 12.3. The van der Waals surface area contributed by atoms with Gasteiger partial charge in [-0.15, -0.1) is 12.4 Å². The molecule has 6 heteroatoms. The van der Waals surface area contributed by atoms with Gasteiger partial charge in [0, 0.05) is 5.69 Å². The molecule has 5 N–H and O–H groups in total. The van der Waals surface area contributed by atoms with E-state index in [1.54, 1.807) is 6.07 Å². The fraction of sp³-hybridized carbons (Fsp3) is 0.385. The van der Waals surface area contributed by atoms with Crippen molar-refractivity contribution in [3.05, 3.63) is 29.8 Å².